The van der Waals surface area contributed by atoms with E-state index in [0.29, 0.717) is 5.92 Å². The van der Waals surface area contributed by atoms with Crippen molar-refractivity contribution < 1.29 is 5.11 Å². The number of aliphatic hydroxyl groups is 1. The molecule has 1 aliphatic rings. The second-order valence-electron chi connectivity index (χ2n) is 4.55. The molecule has 1 aromatic rings. The highest BCUT2D eigenvalue weighted by Gasteiger charge is 2.19. The van der Waals surface area contributed by atoms with Gasteiger partial charge in [-0.3, -0.25) is 0 Å². The quantitative estimate of drug-likeness (QED) is 0.871. The Kier molecular flexibility index (Phi) is 4.65. The van der Waals surface area contributed by atoms with Gasteiger partial charge in [0.25, 0.3) is 0 Å². The van der Waals surface area contributed by atoms with Crippen LogP contribution in [0.5, 0.6) is 0 Å². The summed E-state index contributed by atoms with van der Waals surface area (Å²) >= 11 is 7.55. The first-order chi connectivity index (χ1) is 7.74. The van der Waals surface area contributed by atoms with Crippen molar-refractivity contribution in [1.29, 1.82) is 0 Å². The first-order valence-corrected chi connectivity index (χ1v) is 7.11. The van der Waals surface area contributed by atoms with Crippen molar-refractivity contribution in [3.05, 3.63) is 21.3 Å². The first-order valence-electron chi connectivity index (χ1n) is 5.85. The Morgan fingerprint density at radius 1 is 1.50 bits per heavy atom. The normalized spacial score (nSPS) is 25.9. The van der Waals surface area contributed by atoms with Crippen molar-refractivity contribution in [1.82, 2.24) is 5.32 Å². The molecule has 0 aliphatic heterocycles. The Hall–Kier alpha value is -0.0900. The molecule has 16 heavy (non-hydrogen) atoms. The Balaban J connectivity index is 1.67. The molecular formula is C12H18ClNOS. The van der Waals surface area contributed by atoms with Crippen molar-refractivity contribution in [2.24, 2.45) is 5.92 Å². The summed E-state index contributed by atoms with van der Waals surface area (Å²) in [5, 5.41) is 15.8. The average molecular weight is 260 g/mol. The molecular weight excluding hydrogens is 242 g/mol. The van der Waals surface area contributed by atoms with E-state index in [0.717, 1.165) is 31.0 Å². The van der Waals surface area contributed by atoms with E-state index in [9.17, 15) is 5.11 Å². The molecule has 0 radical (unpaired) electrons. The summed E-state index contributed by atoms with van der Waals surface area (Å²) in [5.41, 5.74) is 0. The Morgan fingerprint density at radius 3 is 3.06 bits per heavy atom. The minimum absolute atomic E-state index is 0.0725. The topological polar surface area (TPSA) is 32.3 Å². The van der Waals surface area contributed by atoms with Gasteiger partial charge in [-0.15, -0.1) is 11.3 Å². The van der Waals surface area contributed by atoms with Crippen LogP contribution in [-0.4, -0.2) is 17.8 Å². The molecule has 1 saturated carbocycles. The van der Waals surface area contributed by atoms with Crippen LogP contribution in [0.2, 0.25) is 5.02 Å². The maximum absolute atomic E-state index is 9.56. The number of aliphatic hydroxyl groups excluding tert-OH is 1. The van der Waals surface area contributed by atoms with Gasteiger partial charge < -0.3 is 10.4 Å². The molecule has 90 valence electrons. The molecule has 4 heteroatoms. The van der Waals surface area contributed by atoms with Crippen LogP contribution in [0, 0.1) is 5.92 Å². The third-order valence-corrected chi connectivity index (χ3v) is 4.39. The highest BCUT2D eigenvalue weighted by atomic mass is 35.5. The molecule has 0 saturated heterocycles. The van der Waals surface area contributed by atoms with Crippen LogP contribution < -0.4 is 5.32 Å². The molecule has 0 spiro atoms. The van der Waals surface area contributed by atoms with Crippen LogP contribution in [0.1, 0.15) is 30.6 Å². The summed E-state index contributed by atoms with van der Waals surface area (Å²) in [4.78, 5) is 1.28. The molecule has 1 aromatic heterocycles. The van der Waals surface area contributed by atoms with Crippen LogP contribution in [0.4, 0.5) is 0 Å². The second-order valence-corrected chi connectivity index (χ2v) is 5.98. The van der Waals surface area contributed by atoms with Crippen molar-refractivity contribution in [2.75, 3.05) is 6.54 Å². The van der Waals surface area contributed by atoms with E-state index in [-0.39, 0.29) is 6.10 Å². The summed E-state index contributed by atoms with van der Waals surface area (Å²) in [6, 6.07) is 2.01. The summed E-state index contributed by atoms with van der Waals surface area (Å²) in [7, 11) is 0. The molecule has 2 nitrogen and oxygen atoms in total. The van der Waals surface area contributed by atoms with E-state index in [1.165, 1.54) is 17.7 Å². The van der Waals surface area contributed by atoms with Crippen molar-refractivity contribution in [2.45, 2.75) is 38.3 Å². The van der Waals surface area contributed by atoms with E-state index < -0.39 is 0 Å². The molecule has 0 amide bonds. The van der Waals surface area contributed by atoms with Gasteiger partial charge in [-0.05, 0) is 37.8 Å². The van der Waals surface area contributed by atoms with Gasteiger partial charge in [0.15, 0.2) is 0 Å². The van der Waals surface area contributed by atoms with Gasteiger partial charge >= 0.3 is 0 Å². The molecule has 1 heterocycles. The van der Waals surface area contributed by atoms with Crippen molar-refractivity contribution in [3.8, 4) is 0 Å². The maximum atomic E-state index is 9.56. The third-order valence-electron chi connectivity index (χ3n) is 3.11. The van der Waals surface area contributed by atoms with E-state index in [1.807, 2.05) is 11.4 Å². The average Bonchev–Trinajstić information content (AvgIpc) is 2.64. The van der Waals surface area contributed by atoms with Crippen LogP contribution in [-0.2, 0) is 6.54 Å². The van der Waals surface area contributed by atoms with Crippen molar-refractivity contribution >= 4 is 22.9 Å². The zero-order chi connectivity index (χ0) is 11.4. The number of thiophene rings is 1. The minimum Gasteiger partial charge on any atom is -0.393 e. The van der Waals surface area contributed by atoms with Crippen LogP contribution in [0.25, 0.3) is 0 Å². The molecule has 1 aliphatic carbocycles. The zero-order valence-corrected chi connectivity index (χ0v) is 10.9. The Bertz CT molecular complexity index is 329. The Morgan fingerprint density at radius 2 is 2.38 bits per heavy atom. The predicted molar refractivity (Wildman–Crippen MR) is 69.0 cm³/mol. The monoisotopic (exact) mass is 259 g/mol. The summed E-state index contributed by atoms with van der Waals surface area (Å²) < 4.78 is 0. The number of hydrogen-bond acceptors (Lipinski definition) is 3. The van der Waals surface area contributed by atoms with Gasteiger partial charge in [0, 0.05) is 16.8 Å². The van der Waals surface area contributed by atoms with Gasteiger partial charge in [0.1, 0.15) is 0 Å². The summed E-state index contributed by atoms with van der Waals surface area (Å²) in [6.07, 6.45) is 4.28. The molecule has 2 atom stereocenters. The van der Waals surface area contributed by atoms with E-state index >= 15 is 0 Å². The standard InChI is InChI=1S/C12H18ClNOS/c13-10-5-12(16-8-10)7-14-6-9-2-1-3-11(15)4-9/h5,8-9,11,14-15H,1-4,6-7H2. The van der Waals surface area contributed by atoms with E-state index in [4.69, 9.17) is 11.6 Å². The van der Waals surface area contributed by atoms with Gasteiger partial charge in [-0.2, -0.15) is 0 Å². The minimum atomic E-state index is -0.0725. The van der Waals surface area contributed by atoms with Gasteiger partial charge in [-0.1, -0.05) is 18.0 Å². The van der Waals surface area contributed by atoms with E-state index in [1.54, 1.807) is 11.3 Å². The predicted octanol–water partition coefficient (Wildman–Crippen LogP) is 3.04. The summed E-state index contributed by atoms with van der Waals surface area (Å²) in [6.45, 7) is 1.90. The first kappa shape index (κ1) is 12.4. The summed E-state index contributed by atoms with van der Waals surface area (Å²) in [5.74, 6) is 0.638. The lowest BCUT2D eigenvalue weighted by Gasteiger charge is -2.25. The van der Waals surface area contributed by atoms with Crippen molar-refractivity contribution in [3.63, 3.8) is 0 Å². The smallest absolute Gasteiger partial charge is 0.0543 e. The van der Waals surface area contributed by atoms with Gasteiger partial charge in [-0.25, -0.2) is 0 Å². The lowest BCUT2D eigenvalue weighted by atomic mass is 9.87. The third kappa shape index (κ3) is 3.74. The fraction of sp³-hybridized carbons (Fsp3) is 0.667. The highest BCUT2D eigenvalue weighted by Crippen LogP contribution is 2.24. The van der Waals surface area contributed by atoms with E-state index in [2.05, 4.69) is 5.32 Å². The number of rotatable bonds is 4. The fourth-order valence-electron chi connectivity index (χ4n) is 2.29. The molecule has 2 rings (SSSR count). The van der Waals surface area contributed by atoms with Gasteiger partial charge in [0.05, 0.1) is 11.1 Å². The molecule has 0 aromatic carbocycles. The second kappa shape index (κ2) is 6.01. The van der Waals surface area contributed by atoms with Crippen LogP contribution in [0.15, 0.2) is 11.4 Å². The fourth-order valence-corrected chi connectivity index (χ4v) is 3.34. The zero-order valence-electron chi connectivity index (χ0n) is 9.29. The lowest BCUT2D eigenvalue weighted by Crippen LogP contribution is -2.28. The number of nitrogens with one attached hydrogen (secondary N) is 1. The molecule has 2 N–H and O–H groups in total. The SMILES string of the molecule is OC1CCCC(CNCc2cc(Cl)cs2)C1. The maximum Gasteiger partial charge on any atom is 0.0543 e. The highest BCUT2D eigenvalue weighted by molar-refractivity contribution is 7.10. The van der Waals surface area contributed by atoms with Crippen LogP contribution >= 0.6 is 22.9 Å². The molecule has 1 fully saturated rings. The van der Waals surface area contributed by atoms with Crippen LogP contribution in [0.3, 0.4) is 0 Å². The number of hydrogen-bond donors (Lipinski definition) is 2. The number of halogens is 1. The lowest BCUT2D eigenvalue weighted by molar-refractivity contribution is 0.101. The molecule has 0 bridgehead atoms. The van der Waals surface area contributed by atoms with Gasteiger partial charge in [0.2, 0.25) is 0 Å². The molecule has 2 unspecified atom stereocenters. The largest absolute Gasteiger partial charge is 0.393 e. The Labute approximate surface area is 106 Å².